The van der Waals surface area contributed by atoms with Gasteiger partial charge in [-0.1, -0.05) is 41.9 Å². The van der Waals surface area contributed by atoms with Gasteiger partial charge in [0.25, 0.3) is 11.8 Å². The average Bonchev–Trinajstić information content (AvgIpc) is 2.87. The number of hydrogen-bond donors (Lipinski definition) is 0. The van der Waals surface area contributed by atoms with Crippen LogP contribution < -0.4 is 4.74 Å². The minimum Gasteiger partial charge on any atom is -0.465 e. The van der Waals surface area contributed by atoms with Crippen molar-refractivity contribution < 1.29 is 23.9 Å². The second kappa shape index (κ2) is 7.41. The Balaban J connectivity index is 1.76. The van der Waals surface area contributed by atoms with Crippen molar-refractivity contribution in [2.75, 3.05) is 7.11 Å². The Morgan fingerprint density at radius 3 is 2.27 bits per heavy atom. The van der Waals surface area contributed by atoms with Gasteiger partial charge in [0.05, 0.1) is 19.2 Å². The van der Waals surface area contributed by atoms with Crippen molar-refractivity contribution in [3.8, 4) is 5.75 Å². The fourth-order valence-corrected chi connectivity index (χ4v) is 2.64. The largest absolute Gasteiger partial charge is 0.465 e. The van der Waals surface area contributed by atoms with Crippen LogP contribution in [0.25, 0.3) is 0 Å². The second-order valence-corrected chi connectivity index (χ2v) is 5.82. The molecule has 26 heavy (non-hydrogen) atoms. The molecule has 0 fully saturated rings. The van der Waals surface area contributed by atoms with Gasteiger partial charge in [0.2, 0.25) is 5.76 Å². The van der Waals surface area contributed by atoms with Crippen molar-refractivity contribution >= 4 is 29.4 Å². The number of carbonyl (C=O) groups is 3. The first-order valence-corrected chi connectivity index (χ1v) is 8.05. The van der Waals surface area contributed by atoms with Crippen LogP contribution in [0.1, 0.15) is 15.9 Å². The van der Waals surface area contributed by atoms with Gasteiger partial charge in [-0.05, 0) is 29.8 Å². The molecule has 0 unspecified atom stereocenters. The van der Waals surface area contributed by atoms with Gasteiger partial charge in [-0.2, -0.15) is 0 Å². The number of hydrogen-bond acceptors (Lipinski definition) is 5. The third-order valence-corrected chi connectivity index (χ3v) is 4.08. The molecule has 1 heterocycles. The van der Waals surface area contributed by atoms with E-state index in [2.05, 4.69) is 4.74 Å². The molecule has 0 N–H and O–H groups in total. The fourth-order valence-electron chi connectivity index (χ4n) is 2.42. The first-order valence-electron chi connectivity index (χ1n) is 7.67. The van der Waals surface area contributed by atoms with Crippen molar-refractivity contribution in [2.24, 2.45) is 0 Å². The van der Waals surface area contributed by atoms with E-state index in [9.17, 15) is 14.4 Å². The Morgan fingerprint density at radius 2 is 1.65 bits per heavy atom. The molecule has 2 amide bonds. The number of amides is 2. The standard InChI is InChI=1S/C19H14ClNO5/c1-25-19(24)13-7-9-14(10-8-13)26-16-15(20)17(22)21(18(16)23)11-12-5-3-2-4-6-12/h2-10H,11H2,1H3. The average molecular weight is 372 g/mol. The van der Waals surface area contributed by atoms with Gasteiger partial charge in [-0.25, -0.2) is 4.79 Å². The number of nitrogens with zero attached hydrogens (tertiary/aromatic N) is 1. The van der Waals surface area contributed by atoms with Crippen LogP contribution >= 0.6 is 11.6 Å². The smallest absolute Gasteiger partial charge is 0.337 e. The summed E-state index contributed by atoms with van der Waals surface area (Å²) in [6, 6.07) is 15.0. The van der Waals surface area contributed by atoms with Crippen molar-refractivity contribution in [3.05, 3.63) is 76.5 Å². The molecule has 7 heteroatoms. The molecule has 0 saturated heterocycles. The number of ether oxygens (including phenoxy) is 2. The van der Waals surface area contributed by atoms with E-state index in [1.807, 2.05) is 18.2 Å². The van der Waals surface area contributed by atoms with Crippen LogP contribution in [0.4, 0.5) is 0 Å². The molecular weight excluding hydrogens is 358 g/mol. The number of carbonyl (C=O) groups excluding carboxylic acids is 3. The highest BCUT2D eigenvalue weighted by Gasteiger charge is 2.39. The molecular formula is C19H14ClNO5. The molecule has 0 spiro atoms. The minimum atomic E-state index is -0.610. The summed E-state index contributed by atoms with van der Waals surface area (Å²) in [7, 11) is 1.28. The number of esters is 1. The van der Waals surface area contributed by atoms with Gasteiger partial charge in [0.1, 0.15) is 5.75 Å². The zero-order chi connectivity index (χ0) is 18.7. The summed E-state index contributed by atoms with van der Waals surface area (Å²) in [6.07, 6.45) is 0. The maximum Gasteiger partial charge on any atom is 0.337 e. The molecule has 0 atom stereocenters. The van der Waals surface area contributed by atoms with E-state index in [0.717, 1.165) is 10.5 Å². The van der Waals surface area contributed by atoms with Crippen LogP contribution in [0.15, 0.2) is 65.4 Å². The topological polar surface area (TPSA) is 72.9 Å². The van der Waals surface area contributed by atoms with Crippen LogP contribution in [-0.2, 0) is 20.9 Å². The molecule has 0 radical (unpaired) electrons. The lowest BCUT2D eigenvalue weighted by Crippen LogP contribution is -2.31. The molecule has 3 rings (SSSR count). The summed E-state index contributed by atoms with van der Waals surface area (Å²) in [5.74, 6) is -1.68. The molecule has 2 aromatic carbocycles. The second-order valence-electron chi connectivity index (χ2n) is 5.44. The third kappa shape index (κ3) is 3.45. The lowest BCUT2D eigenvalue weighted by molar-refractivity contribution is -0.138. The zero-order valence-corrected chi connectivity index (χ0v) is 14.5. The summed E-state index contributed by atoms with van der Waals surface area (Å²) >= 11 is 6.01. The van der Waals surface area contributed by atoms with Crippen LogP contribution in [0, 0.1) is 0 Å². The first-order chi connectivity index (χ1) is 12.5. The number of benzene rings is 2. The van der Waals surface area contributed by atoms with Crippen LogP contribution in [0.2, 0.25) is 0 Å². The fraction of sp³-hybridized carbons (Fsp3) is 0.105. The SMILES string of the molecule is COC(=O)c1ccc(OC2=C(Cl)C(=O)N(Cc3ccccc3)C2=O)cc1. The van der Waals surface area contributed by atoms with Crippen LogP contribution in [-0.4, -0.2) is 29.8 Å². The predicted molar refractivity (Wildman–Crippen MR) is 93.3 cm³/mol. The van der Waals surface area contributed by atoms with Crippen molar-refractivity contribution in [2.45, 2.75) is 6.54 Å². The number of rotatable bonds is 5. The van der Waals surface area contributed by atoms with Gasteiger partial charge < -0.3 is 9.47 Å². The van der Waals surface area contributed by atoms with Gasteiger partial charge in [-0.3, -0.25) is 14.5 Å². The van der Waals surface area contributed by atoms with E-state index in [0.29, 0.717) is 5.56 Å². The Labute approximate surface area is 154 Å². The lowest BCUT2D eigenvalue weighted by atomic mass is 10.2. The van der Waals surface area contributed by atoms with E-state index in [1.165, 1.54) is 31.4 Å². The Bertz CT molecular complexity index is 890. The van der Waals surface area contributed by atoms with E-state index in [-0.39, 0.29) is 23.1 Å². The highest BCUT2D eigenvalue weighted by molar-refractivity contribution is 6.47. The van der Waals surface area contributed by atoms with Crippen molar-refractivity contribution in [1.29, 1.82) is 0 Å². The number of halogens is 1. The molecule has 6 nitrogen and oxygen atoms in total. The number of imide groups is 1. The van der Waals surface area contributed by atoms with Crippen molar-refractivity contribution in [1.82, 2.24) is 4.90 Å². The summed E-state index contributed by atoms with van der Waals surface area (Å²) in [5.41, 5.74) is 1.13. The molecule has 0 saturated carbocycles. The van der Waals surface area contributed by atoms with E-state index in [1.54, 1.807) is 12.1 Å². The van der Waals surface area contributed by atoms with Gasteiger partial charge in [0, 0.05) is 0 Å². The lowest BCUT2D eigenvalue weighted by Gasteiger charge is -2.14. The first kappa shape index (κ1) is 17.7. The maximum atomic E-state index is 12.5. The zero-order valence-electron chi connectivity index (χ0n) is 13.8. The predicted octanol–water partition coefficient (Wildman–Crippen LogP) is 2.87. The third-order valence-electron chi connectivity index (χ3n) is 3.75. The quantitative estimate of drug-likeness (QED) is 0.597. The Hall–Kier alpha value is -3.12. The monoisotopic (exact) mass is 371 g/mol. The van der Waals surface area contributed by atoms with Crippen molar-refractivity contribution in [3.63, 3.8) is 0 Å². The van der Waals surface area contributed by atoms with Gasteiger partial charge in [0.15, 0.2) is 5.03 Å². The van der Waals surface area contributed by atoms with E-state index < -0.39 is 17.8 Å². The Kier molecular flexibility index (Phi) is 5.04. The highest BCUT2D eigenvalue weighted by atomic mass is 35.5. The summed E-state index contributed by atoms with van der Waals surface area (Å²) in [6.45, 7) is 0.100. The van der Waals surface area contributed by atoms with E-state index >= 15 is 0 Å². The molecule has 0 aromatic heterocycles. The van der Waals surface area contributed by atoms with Crippen LogP contribution in [0.3, 0.4) is 0 Å². The molecule has 0 bridgehead atoms. The molecule has 1 aliphatic heterocycles. The molecule has 2 aromatic rings. The minimum absolute atomic E-state index is 0.100. The Morgan fingerprint density at radius 1 is 1.00 bits per heavy atom. The summed E-state index contributed by atoms with van der Waals surface area (Å²) in [4.78, 5) is 37.3. The molecule has 132 valence electrons. The normalized spacial score (nSPS) is 14.0. The summed E-state index contributed by atoms with van der Waals surface area (Å²) in [5, 5.41) is -0.275. The maximum absolute atomic E-state index is 12.5. The molecule has 1 aliphatic rings. The van der Waals surface area contributed by atoms with Gasteiger partial charge >= 0.3 is 5.97 Å². The van der Waals surface area contributed by atoms with E-state index in [4.69, 9.17) is 16.3 Å². The molecule has 0 aliphatic carbocycles. The van der Waals surface area contributed by atoms with Gasteiger partial charge in [-0.15, -0.1) is 0 Å². The summed E-state index contributed by atoms with van der Waals surface area (Å²) < 4.78 is 10.1. The highest BCUT2D eigenvalue weighted by Crippen LogP contribution is 2.28. The number of methoxy groups -OCH3 is 1. The van der Waals surface area contributed by atoms with Crippen LogP contribution in [0.5, 0.6) is 5.75 Å².